The summed E-state index contributed by atoms with van der Waals surface area (Å²) < 4.78 is 5.42. The second-order valence-corrected chi connectivity index (χ2v) is 8.75. The number of carbonyl (C=O) groups excluding carboxylic acids is 2. The molecule has 2 saturated heterocycles. The summed E-state index contributed by atoms with van der Waals surface area (Å²) in [5.74, 6) is 0.592. The second kappa shape index (κ2) is 11.4. The Morgan fingerprint density at radius 2 is 1.56 bits per heavy atom. The summed E-state index contributed by atoms with van der Waals surface area (Å²) in [7, 11) is 0. The Kier molecular flexibility index (Phi) is 8.04. The number of piperidine rings is 1. The molecule has 1 N–H and O–H groups in total. The van der Waals surface area contributed by atoms with E-state index < -0.39 is 0 Å². The summed E-state index contributed by atoms with van der Waals surface area (Å²) in [4.78, 5) is 30.3. The van der Waals surface area contributed by atoms with Gasteiger partial charge in [-0.3, -0.25) is 19.4 Å². The molecule has 2 aromatic carbocycles. The zero-order valence-electron chi connectivity index (χ0n) is 18.7. The number of hydrogen-bond donors (Lipinski definition) is 1. The Labute approximate surface area is 190 Å². The zero-order chi connectivity index (χ0) is 22.2. The van der Waals surface area contributed by atoms with Gasteiger partial charge in [-0.1, -0.05) is 42.5 Å². The maximum absolute atomic E-state index is 12.9. The number of hydrogen-bond acceptors (Lipinski definition) is 5. The molecule has 6 heteroatoms. The molecular weight excluding hydrogens is 402 g/mol. The molecule has 6 nitrogen and oxygen atoms in total. The lowest BCUT2D eigenvalue weighted by atomic mass is 9.93. The Balaban J connectivity index is 1.25. The number of anilines is 1. The summed E-state index contributed by atoms with van der Waals surface area (Å²) in [5.41, 5.74) is 1.72. The number of likely N-dealkylation sites (tertiary alicyclic amines) is 1. The van der Waals surface area contributed by atoms with Crippen molar-refractivity contribution in [3.8, 4) is 0 Å². The molecule has 170 valence electrons. The summed E-state index contributed by atoms with van der Waals surface area (Å²) >= 11 is 0. The minimum absolute atomic E-state index is 0.0647. The SMILES string of the molecule is O=C(CN1CCC(CCN2CCOCC2)CC1)Nc1ccccc1C(=O)c1ccccc1. The van der Waals surface area contributed by atoms with Gasteiger partial charge in [0.25, 0.3) is 0 Å². The average Bonchev–Trinajstić information content (AvgIpc) is 2.85. The minimum atomic E-state index is -0.0809. The lowest BCUT2D eigenvalue weighted by molar-refractivity contribution is -0.117. The summed E-state index contributed by atoms with van der Waals surface area (Å²) in [6.07, 6.45) is 3.51. The first kappa shape index (κ1) is 22.6. The highest BCUT2D eigenvalue weighted by Crippen LogP contribution is 2.22. The van der Waals surface area contributed by atoms with Crippen molar-refractivity contribution in [1.29, 1.82) is 0 Å². The third kappa shape index (κ3) is 6.25. The highest BCUT2D eigenvalue weighted by Gasteiger charge is 2.22. The number of benzene rings is 2. The van der Waals surface area contributed by atoms with E-state index in [1.165, 1.54) is 6.42 Å². The number of para-hydroxylation sites is 1. The molecule has 0 aliphatic carbocycles. The highest BCUT2D eigenvalue weighted by atomic mass is 16.5. The monoisotopic (exact) mass is 435 g/mol. The Hall–Kier alpha value is -2.54. The summed E-state index contributed by atoms with van der Waals surface area (Å²) in [6, 6.07) is 16.4. The number of amides is 1. The van der Waals surface area contributed by atoms with Gasteiger partial charge in [0.2, 0.25) is 5.91 Å². The smallest absolute Gasteiger partial charge is 0.238 e. The molecule has 4 rings (SSSR count). The van der Waals surface area contributed by atoms with Crippen LogP contribution in [-0.4, -0.2) is 74.0 Å². The molecule has 0 atom stereocenters. The van der Waals surface area contributed by atoms with Gasteiger partial charge < -0.3 is 10.1 Å². The van der Waals surface area contributed by atoms with Crippen LogP contribution in [0.1, 0.15) is 35.2 Å². The van der Waals surface area contributed by atoms with Crippen molar-refractivity contribution in [3.63, 3.8) is 0 Å². The van der Waals surface area contributed by atoms with E-state index >= 15 is 0 Å². The van der Waals surface area contributed by atoms with E-state index in [1.807, 2.05) is 30.3 Å². The van der Waals surface area contributed by atoms with Crippen molar-refractivity contribution in [2.75, 3.05) is 57.8 Å². The van der Waals surface area contributed by atoms with Crippen molar-refractivity contribution in [2.45, 2.75) is 19.3 Å². The fourth-order valence-corrected chi connectivity index (χ4v) is 4.55. The quantitative estimate of drug-likeness (QED) is 0.645. The molecule has 0 saturated carbocycles. The Bertz CT molecular complexity index is 888. The first-order valence-electron chi connectivity index (χ1n) is 11.7. The first-order chi connectivity index (χ1) is 15.7. The molecule has 2 fully saturated rings. The van der Waals surface area contributed by atoms with Gasteiger partial charge in [0.15, 0.2) is 5.78 Å². The number of ether oxygens (including phenoxy) is 1. The largest absolute Gasteiger partial charge is 0.379 e. The molecule has 2 heterocycles. The van der Waals surface area contributed by atoms with Crippen LogP contribution in [0.15, 0.2) is 54.6 Å². The van der Waals surface area contributed by atoms with Crippen LogP contribution >= 0.6 is 0 Å². The van der Waals surface area contributed by atoms with E-state index in [0.717, 1.165) is 64.7 Å². The van der Waals surface area contributed by atoms with Gasteiger partial charge in [-0.25, -0.2) is 0 Å². The molecule has 0 spiro atoms. The third-order valence-corrected chi connectivity index (χ3v) is 6.51. The van der Waals surface area contributed by atoms with Crippen LogP contribution in [0.5, 0.6) is 0 Å². The highest BCUT2D eigenvalue weighted by molar-refractivity contribution is 6.13. The fraction of sp³-hybridized carbons (Fsp3) is 0.462. The predicted molar refractivity (Wildman–Crippen MR) is 126 cm³/mol. The van der Waals surface area contributed by atoms with Crippen molar-refractivity contribution in [2.24, 2.45) is 5.92 Å². The molecule has 32 heavy (non-hydrogen) atoms. The molecule has 2 aliphatic rings. The summed E-state index contributed by atoms with van der Waals surface area (Å²) in [6.45, 7) is 7.23. The third-order valence-electron chi connectivity index (χ3n) is 6.51. The van der Waals surface area contributed by atoms with Crippen LogP contribution in [-0.2, 0) is 9.53 Å². The number of carbonyl (C=O) groups is 2. The molecule has 0 radical (unpaired) electrons. The topological polar surface area (TPSA) is 61.9 Å². The molecule has 2 aliphatic heterocycles. The maximum atomic E-state index is 12.9. The lowest BCUT2D eigenvalue weighted by Crippen LogP contribution is -2.41. The Morgan fingerprint density at radius 1 is 0.875 bits per heavy atom. The zero-order valence-corrected chi connectivity index (χ0v) is 18.7. The van der Waals surface area contributed by atoms with Gasteiger partial charge in [0.1, 0.15) is 0 Å². The van der Waals surface area contributed by atoms with Gasteiger partial charge in [-0.15, -0.1) is 0 Å². The standard InChI is InChI=1S/C26H33N3O3/c30-25(20-29-14-11-21(12-15-29)10-13-28-16-18-32-19-17-28)27-24-9-5-4-8-23(24)26(31)22-6-2-1-3-7-22/h1-9,21H,10-20H2,(H,27,30). The van der Waals surface area contributed by atoms with Gasteiger partial charge >= 0.3 is 0 Å². The first-order valence-corrected chi connectivity index (χ1v) is 11.7. The van der Waals surface area contributed by atoms with Crippen molar-refractivity contribution < 1.29 is 14.3 Å². The number of nitrogens with one attached hydrogen (secondary N) is 1. The maximum Gasteiger partial charge on any atom is 0.238 e. The molecule has 1 amide bonds. The van der Waals surface area contributed by atoms with Crippen LogP contribution < -0.4 is 5.32 Å². The van der Waals surface area contributed by atoms with Crippen molar-refractivity contribution in [1.82, 2.24) is 9.80 Å². The summed E-state index contributed by atoms with van der Waals surface area (Å²) in [5, 5.41) is 2.97. The molecule has 0 aromatic heterocycles. The predicted octanol–water partition coefficient (Wildman–Crippen LogP) is 3.29. The fourth-order valence-electron chi connectivity index (χ4n) is 4.55. The van der Waals surface area contributed by atoms with Crippen LogP contribution in [0.25, 0.3) is 0 Å². The van der Waals surface area contributed by atoms with Gasteiger partial charge in [-0.05, 0) is 56.9 Å². The number of rotatable bonds is 8. The number of morpholine rings is 1. The van der Waals surface area contributed by atoms with Gasteiger partial charge in [0, 0.05) is 24.2 Å². The van der Waals surface area contributed by atoms with E-state index in [9.17, 15) is 9.59 Å². The van der Waals surface area contributed by atoms with Crippen LogP contribution in [0.2, 0.25) is 0 Å². The van der Waals surface area contributed by atoms with E-state index in [1.54, 1.807) is 24.3 Å². The Morgan fingerprint density at radius 3 is 2.31 bits per heavy atom. The van der Waals surface area contributed by atoms with Gasteiger partial charge in [-0.2, -0.15) is 0 Å². The van der Waals surface area contributed by atoms with E-state index in [2.05, 4.69) is 15.1 Å². The second-order valence-electron chi connectivity index (χ2n) is 8.75. The number of ketones is 1. The van der Waals surface area contributed by atoms with E-state index in [-0.39, 0.29) is 11.7 Å². The van der Waals surface area contributed by atoms with E-state index in [0.29, 0.717) is 23.4 Å². The lowest BCUT2D eigenvalue weighted by Gasteiger charge is -2.33. The van der Waals surface area contributed by atoms with Crippen LogP contribution in [0, 0.1) is 5.92 Å². The minimum Gasteiger partial charge on any atom is -0.379 e. The normalized spacial score (nSPS) is 18.4. The molecular formula is C26H33N3O3. The van der Waals surface area contributed by atoms with Crippen molar-refractivity contribution >= 4 is 17.4 Å². The van der Waals surface area contributed by atoms with Gasteiger partial charge in [0.05, 0.1) is 25.4 Å². The molecule has 0 bridgehead atoms. The number of nitrogens with zero attached hydrogens (tertiary/aromatic N) is 2. The average molecular weight is 436 g/mol. The molecule has 2 aromatic rings. The molecule has 0 unspecified atom stereocenters. The van der Waals surface area contributed by atoms with Crippen LogP contribution in [0.3, 0.4) is 0 Å². The van der Waals surface area contributed by atoms with Crippen LogP contribution in [0.4, 0.5) is 5.69 Å². The van der Waals surface area contributed by atoms with E-state index in [4.69, 9.17) is 4.74 Å². The van der Waals surface area contributed by atoms with Crippen molar-refractivity contribution in [3.05, 3.63) is 65.7 Å².